The van der Waals surface area contributed by atoms with Crippen molar-refractivity contribution in [3.05, 3.63) is 41.6 Å². The van der Waals surface area contributed by atoms with E-state index in [4.69, 9.17) is 20.8 Å². The molecule has 2 heterocycles. The van der Waals surface area contributed by atoms with Gasteiger partial charge in [-0.25, -0.2) is 9.97 Å². The number of oxazole rings is 1. The first kappa shape index (κ1) is 11.0. The number of hydrogen-bond acceptors (Lipinski definition) is 5. The molecule has 0 aliphatic heterocycles. The average molecular weight is 262 g/mol. The summed E-state index contributed by atoms with van der Waals surface area (Å²) in [5.74, 6) is 0.976. The molecule has 0 aliphatic rings. The van der Waals surface area contributed by atoms with Crippen LogP contribution >= 0.6 is 11.6 Å². The Bertz CT molecular complexity index is 711. The minimum atomic E-state index is 0.142. The number of aryl methyl sites for hydroxylation is 1. The van der Waals surface area contributed by atoms with E-state index in [2.05, 4.69) is 15.0 Å². The minimum Gasteiger partial charge on any atom is -0.443 e. The van der Waals surface area contributed by atoms with E-state index in [1.807, 2.05) is 19.1 Å². The van der Waals surface area contributed by atoms with Gasteiger partial charge in [-0.2, -0.15) is 4.98 Å². The summed E-state index contributed by atoms with van der Waals surface area (Å²) in [6, 6.07) is 5.43. The van der Waals surface area contributed by atoms with Crippen LogP contribution in [0.4, 0.5) is 0 Å². The van der Waals surface area contributed by atoms with Gasteiger partial charge in [-0.05, 0) is 30.7 Å². The molecule has 18 heavy (non-hydrogen) atoms. The Balaban J connectivity index is 2.06. The van der Waals surface area contributed by atoms with Gasteiger partial charge in [0.15, 0.2) is 23.2 Å². The Morgan fingerprint density at radius 2 is 2.17 bits per heavy atom. The number of fused-ring (bicyclic) bond motifs is 1. The van der Waals surface area contributed by atoms with Gasteiger partial charge in [0.2, 0.25) is 11.2 Å². The second kappa shape index (κ2) is 4.27. The standard InChI is InChI=1S/C12H8ClN3O2/c1-7-5-14-12(13)16-11(7)18-9-4-2-3-8-10(9)15-6-17-8/h2-6H,1H3. The predicted molar refractivity (Wildman–Crippen MR) is 65.9 cm³/mol. The van der Waals surface area contributed by atoms with Crippen molar-refractivity contribution in [2.45, 2.75) is 6.92 Å². The molecule has 3 aromatic rings. The number of para-hydroxylation sites is 1. The van der Waals surface area contributed by atoms with E-state index in [0.29, 0.717) is 22.7 Å². The summed E-state index contributed by atoms with van der Waals surface area (Å²) in [5, 5.41) is 0.142. The van der Waals surface area contributed by atoms with Crippen LogP contribution in [0.1, 0.15) is 5.56 Å². The highest BCUT2D eigenvalue weighted by Gasteiger charge is 2.10. The summed E-state index contributed by atoms with van der Waals surface area (Å²) in [7, 11) is 0. The zero-order valence-corrected chi connectivity index (χ0v) is 10.2. The van der Waals surface area contributed by atoms with E-state index in [1.54, 1.807) is 12.3 Å². The van der Waals surface area contributed by atoms with Gasteiger partial charge in [0.05, 0.1) is 0 Å². The second-order valence-corrected chi connectivity index (χ2v) is 4.02. The van der Waals surface area contributed by atoms with Crippen LogP contribution in [0.15, 0.2) is 35.2 Å². The molecule has 0 atom stereocenters. The van der Waals surface area contributed by atoms with Crippen molar-refractivity contribution in [3.8, 4) is 11.6 Å². The van der Waals surface area contributed by atoms with E-state index in [9.17, 15) is 0 Å². The van der Waals surface area contributed by atoms with Crippen LogP contribution in [0.25, 0.3) is 11.1 Å². The lowest BCUT2D eigenvalue weighted by Gasteiger charge is -2.07. The van der Waals surface area contributed by atoms with Crippen LogP contribution in [0, 0.1) is 6.92 Å². The fraction of sp³-hybridized carbons (Fsp3) is 0.0833. The van der Waals surface area contributed by atoms with E-state index >= 15 is 0 Å². The summed E-state index contributed by atoms with van der Waals surface area (Å²) >= 11 is 5.74. The van der Waals surface area contributed by atoms with Crippen LogP contribution in [-0.4, -0.2) is 15.0 Å². The Morgan fingerprint density at radius 3 is 3.06 bits per heavy atom. The maximum absolute atomic E-state index is 5.74. The van der Waals surface area contributed by atoms with Crippen LogP contribution < -0.4 is 4.74 Å². The van der Waals surface area contributed by atoms with E-state index in [-0.39, 0.29) is 5.28 Å². The summed E-state index contributed by atoms with van der Waals surface area (Å²) in [6.45, 7) is 1.84. The van der Waals surface area contributed by atoms with Gasteiger partial charge in [-0.15, -0.1) is 0 Å². The van der Waals surface area contributed by atoms with Crippen molar-refractivity contribution in [3.63, 3.8) is 0 Å². The molecule has 0 bridgehead atoms. The molecular formula is C12H8ClN3O2. The molecule has 1 aromatic carbocycles. The highest BCUT2D eigenvalue weighted by molar-refractivity contribution is 6.28. The molecule has 0 N–H and O–H groups in total. The number of hydrogen-bond donors (Lipinski definition) is 0. The summed E-state index contributed by atoms with van der Waals surface area (Å²) in [4.78, 5) is 12.0. The van der Waals surface area contributed by atoms with E-state index < -0.39 is 0 Å². The lowest BCUT2D eigenvalue weighted by atomic mass is 10.3. The molecule has 0 fully saturated rings. The molecule has 0 spiro atoms. The van der Waals surface area contributed by atoms with Crippen molar-refractivity contribution < 1.29 is 9.15 Å². The molecule has 0 radical (unpaired) electrons. The predicted octanol–water partition coefficient (Wildman–Crippen LogP) is 3.37. The van der Waals surface area contributed by atoms with Gasteiger partial charge in [-0.3, -0.25) is 0 Å². The van der Waals surface area contributed by atoms with Crippen LogP contribution in [0.2, 0.25) is 5.28 Å². The Hall–Kier alpha value is -2.14. The number of ether oxygens (including phenoxy) is 1. The molecular weight excluding hydrogens is 254 g/mol. The third-order valence-electron chi connectivity index (χ3n) is 2.43. The van der Waals surface area contributed by atoms with Crippen molar-refractivity contribution in [2.75, 3.05) is 0 Å². The zero-order chi connectivity index (χ0) is 12.5. The zero-order valence-electron chi connectivity index (χ0n) is 9.42. The van der Waals surface area contributed by atoms with Gasteiger partial charge in [0, 0.05) is 11.8 Å². The smallest absolute Gasteiger partial charge is 0.226 e. The van der Waals surface area contributed by atoms with E-state index in [1.165, 1.54) is 6.39 Å². The fourth-order valence-electron chi connectivity index (χ4n) is 1.56. The second-order valence-electron chi connectivity index (χ2n) is 3.68. The van der Waals surface area contributed by atoms with Gasteiger partial charge in [0.25, 0.3) is 0 Å². The molecule has 5 nitrogen and oxygen atoms in total. The lowest BCUT2D eigenvalue weighted by molar-refractivity contribution is 0.461. The summed E-state index contributed by atoms with van der Waals surface area (Å²) < 4.78 is 10.9. The van der Waals surface area contributed by atoms with Crippen LogP contribution in [-0.2, 0) is 0 Å². The highest BCUT2D eigenvalue weighted by atomic mass is 35.5. The minimum absolute atomic E-state index is 0.142. The first-order valence-electron chi connectivity index (χ1n) is 5.23. The van der Waals surface area contributed by atoms with Gasteiger partial charge in [-0.1, -0.05) is 6.07 Å². The highest BCUT2D eigenvalue weighted by Crippen LogP contribution is 2.29. The van der Waals surface area contributed by atoms with E-state index in [0.717, 1.165) is 5.56 Å². The van der Waals surface area contributed by atoms with Crippen LogP contribution in [0.3, 0.4) is 0 Å². The third kappa shape index (κ3) is 1.89. The molecule has 3 rings (SSSR count). The van der Waals surface area contributed by atoms with Gasteiger partial charge >= 0.3 is 0 Å². The third-order valence-corrected chi connectivity index (χ3v) is 2.61. The normalized spacial score (nSPS) is 10.8. The SMILES string of the molecule is Cc1cnc(Cl)nc1Oc1cccc2ocnc12. The summed E-state index contributed by atoms with van der Waals surface area (Å²) in [5.41, 5.74) is 2.09. The molecule has 0 aliphatic carbocycles. The fourth-order valence-corrected chi connectivity index (χ4v) is 1.68. The Kier molecular flexibility index (Phi) is 2.60. The number of halogens is 1. The largest absolute Gasteiger partial charge is 0.443 e. The number of rotatable bonds is 2. The van der Waals surface area contributed by atoms with Gasteiger partial charge in [0.1, 0.15) is 0 Å². The van der Waals surface area contributed by atoms with Crippen molar-refractivity contribution in [2.24, 2.45) is 0 Å². The van der Waals surface area contributed by atoms with Gasteiger partial charge < -0.3 is 9.15 Å². The first-order valence-corrected chi connectivity index (χ1v) is 5.61. The first-order chi connectivity index (χ1) is 8.74. The number of benzene rings is 1. The number of aromatic nitrogens is 3. The molecule has 0 saturated carbocycles. The maximum Gasteiger partial charge on any atom is 0.226 e. The van der Waals surface area contributed by atoms with Crippen LogP contribution in [0.5, 0.6) is 11.6 Å². The molecule has 0 saturated heterocycles. The topological polar surface area (TPSA) is 61.0 Å². The monoisotopic (exact) mass is 261 g/mol. The molecule has 0 unspecified atom stereocenters. The Labute approximate surface area is 107 Å². The maximum atomic E-state index is 5.74. The lowest BCUT2D eigenvalue weighted by Crippen LogP contribution is -1.94. The molecule has 90 valence electrons. The molecule has 2 aromatic heterocycles. The molecule has 6 heteroatoms. The quantitative estimate of drug-likeness (QED) is 0.662. The average Bonchev–Trinajstić information content (AvgIpc) is 2.83. The van der Waals surface area contributed by atoms with Crippen molar-refractivity contribution >= 4 is 22.7 Å². The summed E-state index contributed by atoms with van der Waals surface area (Å²) in [6.07, 6.45) is 2.98. The molecule has 0 amide bonds. The Morgan fingerprint density at radius 1 is 1.28 bits per heavy atom. The number of nitrogens with zero attached hydrogens (tertiary/aromatic N) is 3. The van der Waals surface area contributed by atoms with Crippen molar-refractivity contribution in [1.82, 2.24) is 15.0 Å². The van der Waals surface area contributed by atoms with Crippen molar-refractivity contribution in [1.29, 1.82) is 0 Å².